The average molecular weight is 427 g/mol. The molecule has 1 aliphatic heterocycles. The summed E-state index contributed by atoms with van der Waals surface area (Å²) in [6.07, 6.45) is 5.44. The molecule has 2 aromatic rings. The van der Waals surface area contributed by atoms with Crippen LogP contribution in [0, 0.1) is 18.6 Å². The molecule has 5 heteroatoms. The summed E-state index contributed by atoms with van der Waals surface area (Å²) in [5, 5.41) is 5.79. The van der Waals surface area contributed by atoms with Gasteiger partial charge >= 0.3 is 0 Å². The number of allylic oxidation sites excluding steroid dienone is 2. The van der Waals surface area contributed by atoms with Gasteiger partial charge in [0.15, 0.2) is 11.6 Å². The van der Waals surface area contributed by atoms with Crippen LogP contribution in [-0.2, 0) is 0 Å². The van der Waals surface area contributed by atoms with Crippen LogP contribution in [0.1, 0.15) is 67.6 Å². The number of hydrogen-bond acceptors (Lipinski definition) is 2. The molecule has 0 atom stereocenters. The number of halogens is 2. The smallest absolute Gasteiger partial charge is 0.256 e. The van der Waals surface area contributed by atoms with E-state index < -0.39 is 17.5 Å². The third-order valence-corrected chi connectivity index (χ3v) is 5.31. The van der Waals surface area contributed by atoms with E-state index in [0.717, 1.165) is 36.2 Å². The molecule has 31 heavy (non-hydrogen) atoms. The second kappa shape index (κ2) is 11.6. The number of hydrogen-bond donors (Lipinski definition) is 2. The van der Waals surface area contributed by atoms with Gasteiger partial charge in [-0.15, -0.1) is 0 Å². The number of carbonyl (C=O) groups excluding carboxylic acids is 1. The van der Waals surface area contributed by atoms with E-state index in [9.17, 15) is 13.6 Å². The zero-order chi connectivity index (χ0) is 23.0. The molecule has 3 rings (SSSR count). The standard InChI is InChI=1S/C24H26F2N2O.C2H6/c1-4-16(5-2)20-8-9-21(23(26)22(20)25)28-24(29)19-7-6-18(14-15(19)3)17-10-12-27-13-11-17;1-2/h4,6-10,14,27H,5,11-13H2,1-3H3,(H,28,29);1-2H3/b16-4+;. The van der Waals surface area contributed by atoms with Gasteiger partial charge in [0.2, 0.25) is 0 Å². The van der Waals surface area contributed by atoms with E-state index in [-0.39, 0.29) is 11.3 Å². The summed E-state index contributed by atoms with van der Waals surface area (Å²) in [4.78, 5) is 12.7. The monoisotopic (exact) mass is 426 g/mol. The second-order valence-electron chi connectivity index (χ2n) is 7.12. The lowest BCUT2D eigenvalue weighted by molar-refractivity contribution is 0.102. The van der Waals surface area contributed by atoms with Crippen LogP contribution in [0.4, 0.5) is 14.5 Å². The van der Waals surface area contributed by atoms with Crippen LogP contribution in [0.3, 0.4) is 0 Å². The van der Waals surface area contributed by atoms with Crippen molar-refractivity contribution in [2.24, 2.45) is 0 Å². The lowest BCUT2D eigenvalue weighted by atomic mass is 9.96. The molecule has 1 aliphatic rings. The predicted molar refractivity (Wildman–Crippen MR) is 126 cm³/mol. The van der Waals surface area contributed by atoms with Crippen LogP contribution in [-0.4, -0.2) is 19.0 Å². The number of rotatable bonds is 5. The highest BCUT2D eigenvalue weighted by atomic mass is 19.2. The van der Waals surface area contributed by atoms with Crippen LogP contribution in [0.5, 0.6) is 0 Å². The molecule has 0 radical (unpaired) electrons. The van der Waals surface area contributed by atoms with E-state index in [0.29, 0.717) is 12.0 Å². The Morgan fingerprint density at radius 2 is 1.84 bits per heavy atom. The topological polar surface area (TPSA) is 41.1 Å². The van der Waals surface area contributed by atoms with Gasteiger partial charge in [-0.3, -0.25) is 4.79 Å². The summed E-state index contributed by atoms with van der Waals surface area (Å²) >= 11 is 0. The summed E-state index contributed by atoms with van der Waals surface area (Å²) in [6, 6.07) is 8.52. The first-order valence-corrected chi connectivity index (χ1v) is 10.9. The minimum Gasteiger partial charge on any atom is -0.319 e. The molecule has 2 aromatic carbocycles. The lowest BCUT2D eigenvalue weighted by Crippen LogP contribution is -2.20. The average Bonchev–Trinajstić information content (AvgIpc) is 2.80. The van der Waals surface area contributed by atoms with E-state index in [4.69, 9.17) is 0 Å². The van der Waals surface area contributed by atoms with Gasteiger partial charge in [-0.1, -0.05) is 45.1 Å². The Bertz CT molecular complexity index is 993. The van der Waals surface area contributed by atoms with Crippen molar-refractivity contribution in [1.29, 1.82) is 0 Å². The van der Waals surface area contributed by atoms with Crippen molar-refractivity contribution in [2.75, 3.05) is 18.4 Å². The predicted octanol–water partition coefficient (Wildman–Crippen LogP) is 6.74. The minimum absolute atomic E-state index is 0.160. The van der Waals surface area contributed by atoms with E-state index >= 15 is 0 Å². The van der Waals surface area contributed by atoms with E-state index in [2.05, 4.69) is 16.7 Å². The van der Waals surface area contributed by atoms with Crippen molar-refractivity contribution in [3.63, 3.8) is 0 Å². The lowest BCUT2D eigenvalue weighted by Gasteiger charge is -2.16. The molecule has 0 saturated carbocycles. The van der Waals surface area contributed by atoms with Gasteiger partial charge < -0.3 is 10.6 Å². The quantitative estimate of drug-likeness (QED) is 0.556. The Balaban J connectivity index is 0.00000166. The third-order valence-electron chi connectivity index (χ3n) is 5.31. The molecule has 0 aliphatic carbocycles. The fourth-order valence-electron chi connectivity index (χ4n) is 3.64. The fourth-order valence-corrected chi connectivity index (χ4v) is 3.64. The van der Waals surface area contributed by atoms with Gasteiger partial charge in [-0.2, -0.15) is 0 Å². The Labute approximate surface area is 184 Å². The highest BCUT2D eigenvalue weighted by Gasteiger charge is 2.18. The molecule has 3 nitrogen and oxygen atoms in total. The van der Waals surface area contributed by atoms with Crippen molar-refractivity contribution in [3.05, 3.63) is 76.4 Å². The number of nitrogens with one attached hydrogen (secondary N) is 2. The normalized spacial score (nSPS) is 13.8. The number of carbonyl (C=O) groups is 1. The number of amides is 1. The molecule has 0 fully saturated rings. The summed E-state index contributed by atoms with van der Waals surface area (Å²) in [5.41, 5.74) is 4.35. The Morgan fingerprint density at radius 3 is 2.42 bits per heavy atom. The van der Waals surface area contributed by atoms with Crippen LogP contribution < -0.4 is 10.6 Å². The maximum Gasteiger partial charge on any atom is 0.256 e. The first-order valence-electron chi connectivity index (χ1n) is 10.9. The van der Waals surface area contributed by atoms with E-state index in [1.807, 2.05) is 39.8 Å². The third kappa shape index (κ3) is 5.67. The number of benzene rings is 2. The van der Waals surface area contributed by atoms with Gasteiger partial charge in [0.25, 0.3) is 5.91 Å². The molecule has 0 bridgehead atoms. The highest BCUT2D eigenvalue weighted by Crippen LogP contribution is 2.28. The molecule has 1 heterocycles. The highest BCUT2D eigenvalue weighted by molar-refractivity contribution is 6.05. The second-order valence-corrected chi connectivity index (χ2v) is 7.12. The zero-order valence-corrected chi connectivity index (χ0v) is 19.0. The van der Waals surface area contributed by atoms with Crippen molar-refractivity contribution >= 4 is 22.7 Å². The minimum atomic E-state index is -1.04. The molecule has 0 spiro atoms. The maximum absolute atomic E-state index is 14.5. The summed E-state index contributed by atoms with van der Waals surface area (Å²) in [5.74, 6) is -2.44. The van der Waals surface area contributed by atoms with E-state index in [1.54, 1.807) is 19.1 Å². The molecule has 0 saturated heterocycles. The van der Waals surface area contributed by atoms with Gasteiger partial charge in [0.1, 0.15) is 0 Å². The number of anilines is 1. The largest absolute Gasteiger partial charge is 0.319 e. The summed E-state index contributed by atoms with van der Waals surface area (Å²) < 4.78 is 29.0. The van der Waals surface area contributed by atoms with Crippen LogP contribution in [0.25, 0.3) is 11.1 Å². The van der Waals surface area contributed by atoms with Crippen LogP contribution in [0.2, 0.25) is 0 Å². The van der Waals surface area contributed by atoms with Gasteiger partial charge in [-0.05, 0) is 73.7 Å². The zero-order valence-electron chi connectivity index (χ0n) is 19.0. The maximum atomic E-state index is 14.5. The molecule has 1 amide bonds. The van der Waals surface area contributed by atoms with Gasteiger partial charge in [-0.25, -0.2) is 8.78 Å². The molecule has 2 N–H and O–H groups in total. The fraction of sp³-hybridized carbons (Fsp3) is 0.346. The van der Waals surface area contributed by atoms with Crippen molar-refractivity contribution < 1.29 is 13.6 Å². The Morgan fingerprint density at radius 1 is 1.13 bits per heavy atom. The van der Waals surface area contributed by atoms with Crippen molar-refractivity contribution in [1.82, 2.24) is 5.32 Å². The van der Waals surface area contributed by atoms with Crippen molar-refractivity contribution in [3.8, 4) is 0 Å². The molecule has 0 unspecified atom stereocenters. The number of aryl methyl sites for hydroxylation is 1. The Kier molecular flexibility index (Phi) is 9.13. The van der Waals surface area contributed by atoms with Crippen molar-refractivity contribution in [2.45, 2.75) is 47.5 Å². The first-order chi connectivity index (χ1) is 15.0. The molecular formula is C26H32F2N2O. The molecular weight excluding hydrogens is 394 g/mol. The van der Waals surface area contributed by atoms with Gasteiger partial charge in [0.05, 0.1) is 5.69 Å². The van der Waals surface area contributed by atoms with Crippen LogP contribution in [0.15, 0.2) is 42.5 Å². The van der Waals surface area contributed by atoms with Crippen LogP contribution >= 0.6 is 0 Å². The van der Waals surface area contributed by atoms with E-state index in [1.165, 1.54) is 17.7 Å². The first kappa shape index (κ1) is 24.5. The SMILES string of the molecule is C/C=C(\CC)c1ccc(NC(=O)c2ccc(C3=CCNCC3)cc2C)c(F)c1F.CC. The molecule has 166 valence electrons. The Hall–Kier alpha value is -2.79. The summed E-state index contributed by atoms with van der Waals surface area (Å²) in [7, 11) is 0. The summed E-state index contributed by atoms with van der Waals surface area (Å²) in [6.45, 7) is 11.3. The molecule has 0 aromatic heterocycles. The van der Waals surface area contributed by atoms with Gasteiger partial charge in [0, 0.05) is 17.7 Å².